The lowest BCUT2D eigenvalue weighted by molar-refractivity contribution is -0.364. The van der Waals surface area contributed by atoms with Crippen LogP contribution >= 0.6 is 0 Å². The molecule has 0 aliphatic heterocycles. The minimum atomic E-state index is -2.13. The van der Waals surface area contributed by atoms with Crippen LogP contribution in [0.2, 0.25) is 0 Å². The van der Waals surface area contributed by atoms with Crippen LogP contribution in [0.1, 0.15) is 32.4 Å². The van der Waals surface area contributed by atoms with E-state index in [9.17, 15) is 24.9 Å². The van der Waals surface area contributed by atoms with Crippen LogP contribution in [0.5, 0.6) is 0 Å². The molecule has 0 spiro atoms. The first-order valence-corrected chi connectivity index (χ1v) is 13.2. The van der Waals surface area contributed by atoms with Gasteiger partial charge in [0.2, 0.25) is 11.6 Å². The summed E-state index contributed by atoms with van der Waals surface area (Å²) < 4.78 is 1.96. The van der Waals surface area contributed by atoms with Crippen molar-refractivity contribution in [2.24, 2.45) is 0 Å². The first-order chi connectivity index (χ1) is 20.0. The number of carbonyl (C=O) groups is 2. The fourth-order valence-corrected chi connectivity index (χ4v) is 3.73. The lowest BCUT2D eigenvalue weighted by atomic mass is 10.1. The van der Waals surface area contributed by atoms with E-state index < -0.39 is 30.0 Å². The number of nitrogens with one attached hydrogen (secondary N) is 3. The zero-order valence-electron chi connectivity index (χ0n) is 23.4. The minimum Gasteiger partial charge on any atom is -0.547 e. The molecule has 3 heterocycles. The third-order valence-electron chi connectivity index (χ3n) is 6.14. The predicted octanol–water partition coefficient (Wildman–Crippen LogP) is -0.687. The van der Waals surface area contributed by atoms with Gasteiger partial charge in [-0.05, 0) is 44.5 Å². The van der Waals surface area contributed by atoms with Crippen molar-refractivity contribution < 1.29 is 40.1 Å². The van der Waals surface area contributed by atoms with Crippen molar-refractivity contribution in [3.05, 3.63) is 60.6 Å². The molecule has 0 radical (unpaired) electrons. The average molecular weight is 582 g/mol. The highest BCUT2D eigenvalue weighted by Gasteiger charge is 2.21. The lowest BCUT2D eigenvalue weighted by Crippen LogP contribution is -2.46. The van der Waals surface area contributed by atoms with E-state index >= 15 is 0 Å². The van der Waals surface area contributed by atoms with Gasteiger partial charge >= 0.3 is 0 Å². The number of carbonyl (C=O) groups excluding carboxylic acids is 2. The Morgan fingerprint density at radius 1 is 1.02 bits per heavy atom. The smallest absolute Gasteiger partial charge is 0.227 e. The van der Waals surface area contributed by atoms with E-state index in [0.717, 1.165) is 23.7 Å². The molecule has 42 heavy (non-hydrogen) atoms. The Morgan fingerprint density at radius 3 is 2.24 bits per heavy atom. The van der Waals surface area contributed by atoms with E-state index in [-0.39, 0.29) is 19.3 Å². The molecule has 14 heteroatoms. The van der Waals surface area contributed by atoms with Crippen LogP contribution < -0.4 is 20.7 Å². The van der Waals surface area contributed by atoms with Crippen molar-refractivity contribution >= 4 is 34.7 Å². The summed E-state index contributed by atoms with van der Waals surface area (Å²) in [6.45, 7) is 5.18. The standard InChI is InChI=1S/C23H27N7O2.C5H8O5/c1-15(2)30-14-26-20-21(28-23(29-22(20)30)27-18(12-31)13-32)25-11-16-6-8-17(9-7-16)19-5-3-4-10-24-19;1-2(6)3(7)4(8)5(9)10/h3-10,14-15,18,31-32H,11-13H2,1-2H3,(H2,25,27,28,29);3-4,7-8H,1H3,(H,9,10). The number of aliphatic hydroxyl groups is 4. The number of benzene rings is 1. The number of fused-ring (bicyclic) bond motifs is 1. The summed E-state index contributed by atoms with van der Waals surface area (Å²) >= 11 is 0. The molecule has 3 aromatic heterocycles. The number of aliphatic hydroxyl groups excluding tert-OH is 4. The SMILES string of the molecule is CC(=O)C(O)C(O)C(=O)[O-].CC(C)n1cnc2c(NCc3ccc(-c4cccc[nH+]4)cc3)nc(NC(CO)CO)nc21. The van der Waals surface area contributed by atoms with Crippen molar-refractivity contribution in [1.82, 2.24) is 19.5 Å². The van der Waals surface area contributed by atoms with Gasteiger partial charge in [0.15, 0.2) is 29.0 Å². The topological polar surface area (TPSA) is 220 Å². The number of anilines is 2. The number of carboxylic acid groups (broad SMARTS) is 1. The summed E-state index contributed by atoms with van der Waals surface area (Å²) in [6.07, 6.45) is -0.354. The number of carboxylic acids is 1. The number of aromatic nitrogens is 5. The Kier molecular flexibility index (Phi) is 11.4. The molecule has 0 bridgehead atoms. The third kappa shape index (κ3) is 8.27. The summed E-state index contributed by atoms with van der Waals surface area (Å²) in [6, 6.07) is 13.9. The minimum absolute atomic E-state index is 0.171. The van der Waals surface area contributed by atoms with E-state index in [1.165, 1.54) is 0 Å². The Labute approximate surface area is 241 Å². The molecule has 1 aromatic carbocycles. The number of nitrogens with zero attached hydrogens (tertiary/aromatic N) is 4. The fourth-order valence-electron chi connectivity index (χ4n) is 3.73. The van der Waals surface area contributed by atoms with Gasteiger partial charge in [-0.3, -0.25) is 4.79 Å². The van der Waals surface area contributed by atoms with Crippen molar-refractivity contribution in [3.63, 3.8) is 0 Å². The average Bonchev–Trinajstić information content (AvgIpc) is 3.43. The zero-order valence-corrected chi connectivity index (χ0v) is 23.4. The fraction of sp³-hybridized carbons (Fsp3) is 0.357. The number of Topliss-reactive ketones (excluding diaryl/α,β-unsaturated/α-hetero) is 1. The molecule has 0 saturated carbocycles. The zero-order chi connectivity index (χ0) is 30.8. The van der Waals surface area contributed by atoms with Crippen molar-refractivity contribution in [2.75, 3.05) is 23.8 Å². The molecule has 4 rings (SSSR count). The molecule has 224 valence electrons. The van der Waals surface area contributed by atoms with Gasteiger partial charge in [0.1, 0.15) is 12.2 Å². The normalized spacial score (nSPS) is 12.5. The first kappa shape index (κ1) is 32.0. The second-order valence-corrected chi connectivity index (χ2v) is 9.67. The van der Waals surface area contributed by atoms with Gasteiger partial charge in [-0.1, -0.05) is 12.1 Å². The van der Waals surface area contributed by atoms with Crippen LogP contribution in [0.25, 0.3) is 22.4 Å². The molecule has 0 aliphatic carbocycles. The number of pyridine rings is 1. The maximum atomic E-state index is 10.2. The Hall–Kier alpha value is -4.50. The number of aliphatic carboxylic acids is 1. The Bertz CT molecular complexity index is 1440. The maximum Gasteiger partial charge on any atom is 0.227 e. The van der Waals surface area contributed by atoms with Gasteiger partial charge in [0.05, 0.1) is 31.6 Å². The summed E-state index contributed by atoms with van der Waals surface area (Å²) in [5, 5.41) is 51.9. The van der Waals surface area contributed by atoms with E-state index in [2.05, 4.69) is 68.7 Å². The lowest BCUT2D eigenvalue weighted by Gasteiger charge is -2.15. The van der Waals surface area contributed by atoms with Crippen LogP contribution in [0, 0.1) is 0 Å². The monoisotopic (exact) mass is 581 g/mol. The van der Waals surface area contributed by atoms with Gasteiger partial charge in [-0.2, -0.15) is 9.97 Å². The summed E-state index contributed by atoms with van der Waals surface area (Å²) in [4.78, 5) is 36.8. The van der Waals surface area contributed by atoms with E-state index in [4.69, 9.17) is 10.2 Å². The molecule has 2 unspecified atom stereocenters. The van der Waals surface area contributed by atoms with E-state index in [0.29, 0.717) is 29.5 Å². The summed E-state index contributed by atoms with van der Waals surface area (Å²) in [5.41, 5.74) is 4.62. The van der Waals surface area contributed by atoms with Gasteiger partial charge in [0, 0.05) is 30.3 Å². The molecule has 0 fully saturated rings. The largest absolute Gasteiger partial charge is 0.547 e. The van der Waals surface area contributed by atoms with E-state index in [1.54, 1.807) is 6.33 Å². The number of hydrogen-bond acceptors (Lipinski definition) is 12. The molecule has 14 nitrogen and oxygen atoms in total. The second-order valence-electron chi connectivity index (χ2n) is 9.67. The van der Waals surface area contributed by atoms with Crippen LogP contribution in [-0.4, -0.2) is 83.2 Å². The number of imidazole rings is 1. The molecule has 7 N–H and O–H groups in total. The van der Waals surface area contributed by atoms with Crippen LogP contribution in [-0.2, 0) is 16.1 Å². The summed E-state index contributed by atoms with van der Waals surface area (Å²) in [5.74, 6) is -1.75. The van der Waals surface area contributed by atoms with Crippen molar-refractivity contribution in [3.8, 4) is 11.3 Å². The third-order valence-corrected chi connectivity index (χ3v) is 6.14. The van der Waals surface area contributed by atoms with Crippen molar-refractivity contribution in [2.45, 2.75) is 51.6 Å². The quantitative estimate of drug-likeness (QED) is 0.122. The number of rotatable bonds is 12. The molecule has 0 saturated heterocycles. The number of H-pyrrole nitrogens is 1. The molecular formula is C28H35N7O7. The maximum absolute atomic E-state index is 10.2. The van der Waals surface area contributed by atoms with E-state index in [1.807, 2.05) is 29.0 Å². The molecule has 4 aromatic rings. The second kappa shape index (κ2) is 14.9. The highest BCUT2D eigenvalue weighted by Crippen LogP contribution is 2.24. The van der Waals surface area contributed by atoms with Crippen molar-refractivity contribution in [1.29, 1.82) is 0 Å². The molecule has 0 amide bonds. The number of ketones is 1. The van der Waals surface area contributed by atoms with Gasteiger partial charge < -0.3 is 45.5 Å². The van der Waals surface area contributed by atoms with Gasteiger partial charge in [-0.25, -0.2) is 9.97 Å². The van der Waals surface area contributed by atoms with Gasteiger partial charge in [0.25, 0.3) is 0 Å². The Morgan fingerprint density at radius 2 is 1.71 bits per heavy atom. The highest BCUT2D eigenvalue weighted by atomic mass is 16.4. The van der Waals surface area contributed by atoms with Crippen LogP contribution in [0.15, 0.2) is 55.0 Å². The predicted molar refractivity (Wildman–Crippen MR) is 151 cm³/mol. The number of hydrogen-bond donors (Lipinski definition) is 6. The first-order valence-electron chi connectivity index (χ1n) is 13.2. The van der Waals surface area contributed by atoms with Gasteiger partial charge in [-0.15, -0.1) is 0 Å². The highest BCUT2D eigenvalue weighted by molar-refractivity contribution is 5.86. The Balaban J connectivity index is 0.000000416. The molecule has 0 aliphatic rings. The van der Waals surface area contributed by atoms with Crippen LogP contribution in [0.3, 0.4) is 0 Å². The number of aromatic amines is 1. The van der Waals surface area contributed by atoms with Crippen LogP contribution in [0.4, 0.5) is 11.8 Å². The summed E-state index contributed by atoms with van der Waals surface area (Å²) in [7, 11) is 0. The molecular weight excluding hydrogens is 546 g/mol. The molecule has 2 atom stereocenters.